The normalized spacial score (nSPS) is 19.1. The summed E-state index contributed by atoms with van der Waals surface area (Å²) < 4.78 is 5.37. The zero-order chi connectivity index (χ0) is 13.4. The van der Waals surface area contributed by atoms with Crippen molar-refractivity contribution in [3.05, 3.63) is 47.1 Å². The fourth-order valence-corrected chi connectivity index (χ4v) is 2.49. The summed E-state index contributed by atoms with van der Waals surface area (Å²) >= 11 is 0. The average Bonchev–Trinajstić information content (AvgIpc) is 2.79. The Labute approximate surface area is 112 Å². The molecule has 100 valence electrons. The van der Waals surface area contributed by atoms with Crippen molar-refractivity contribution in [3.63, 3.8) is 0 Å². The molecular formula is C14H18N4O. The van der Waals surface area contributed by atoms with Gasteiger partial charge < -0.3 is 15.2 Å². The molecule has 1 heterocycles. The number of likely N-dealkylation sites (N-methyl/N-ethyl adjacent to an activating group) is 1. The number of nitrogens with two attached hydrogens (primary N) is 1. The summed E-state index contributed by atoms with van der Waals surface area (Å²) in [5, 5.41) is 4.01. The highest BCUT2D eigenvalue weighted by Gasteiger charge is 2.32. The van der Waals surface area contributed by atoms with Crippen LogP contribution in [-0.2, 0) is 6.42 Å². The highest BCUT2D eigenvalue weighted by Crippen LogP contribution is 2.39. The van der Waals surface area contributed by atoms with Crippen LogP contribution in [0.3, 0.4) is 0 Å². The first kappa shape index (κ1) is 12.3. The SMILES string of the molecule is CN(C)CC(N)c1noc(C2Cc3ccccc32)n1. The summed E-state index contributed by atoms with van der Waals surface area (Å²) in [6.45, 7) is 0.709. The van der Waals surface area contributed by atoms with Crippen molar-refractivity contribution >= 4 is 0 Å². The molecule has 0 fully saturated rings. The Morgan fingerprint density at radius 2 is 2.21 bits per heavy atom. The molecule has 3 rings (SSSR count). The van der Waals surface area contributed by atoms with Crippen molar-refractivity contribution in [3.8, 4) is 0 Å². The van der Waals surface area contributed by atoms with Gasteiger partial charge in [-0.25, -0.2) is 0 Å². The monoisotopic (exact) mass is 258 g/mol. The van der Waals surface area contributed by atoms with Crippen molar-refractivity contribution in [1.82, 2.24) is 15.0 Å². The van der Waals surface area contributed by atoms with Crippen molar-refractivity contribution in [2.45, 2.75) is 18.4 Å². The first-order valence-corrected chi connectivity index (χ1v) is 6.46. The van der Waals surface area contributed by atoms with Gasteiger partial charge in [-0.2, -0.15) is 4.98 Å². The number of rotatable bonds is 4. The van der Waals surface area contributed by atoms with Gasteiger partial charge in [-0.3, -0.25) is 0 Å². The van der Waals surface area contributed by atoms with E-state index in [1.807, 2.05) is 25.1 Å². The Kier molecular flexibility index (Phi) is 3.08. The van der Waals surface area contributed by atoms with Gasteiger partial charge in [-0.1, -0.05) is 29.4 Å². The molecule has 0 aliphatic heterocycles. The van der Waals surface area contributed by atoms with Gasteiger partial charge in [-0.05, 0) is 31.6 Å². The maximum atomic E-state index is 6.04. The van der Waals surface area contributed by atoms with Crippen LogP contribution in [0, 0.1) is 0 Å². The van der Waals surface area contributed by atoms with Crippen LogP contribution < -0.4 is 5.73 Å². The van der Waals surface area contributed by atoms with Crippen molar-refractivity contribution < 1.29 is 4.52 Å². The van der Waals surface area contributed by atoms with Crippen LogP contribution in [-0.4, -0.2) is 35.7 Å². The Morgan fingerprint density at radius 1 is 1.42 bits per heavy atom. The lowest BCUT2D eigenvalue weighted by atomic mass is 9.77. The van der Waals surface area contributed by atoms with E-state index in [1.54, 1.807) is 0 Å². The molecule has 0 amide bonds. The molecule has 5 heteroatoms. The maximum Gasteiger partial charge on any atom is 0.234 e. The summed E-state index contributed by atoms with van der Waals surface area (Å²) in [5.41, 5.74) is 8.69. The van der Waals surface area contributed by atoms with Crippen LogP contribution in [0.25, 0.3) is 0 Å². The zero-order valence-corrected chi connectivity index (χ0v) is 11.2. The third-order valence-corrected chi connectivity index (χ3v) is 3.50. The molecule has 1 aromatic heterocycles. The summed E-state index contributed by atoms with van der Waals surface area (Å²) in [6.07, 6.45) is 0.973. The van der Waals surface area contributed by atoms with Gasteiger partial charge in [0.25, 0.3) is 0 Å². The fourth-order valence-electron chi connectivity index (χ4n) is 2.49. The van der Waals surface area contributed by atoms with Crippen molar-refractivity contribution in [2.75, 3.05) is 20.6 Å². The molecule has 0 radical (unpaired) electrons. The second-order valence-corrected chi connectivity index (χ2v) is 5.32. The van der Waals surface area contributed by atoms with Crippen LogP contribution in [0.2, 0.25) is 0 Å². The molecule has 2 N–H and O–H groups in total. The molecule has 1 aliphatic rings. The lowest BCUT2D eigenvalue weighted by molar-refractivity contribution is 0.337. The second-order valence-electron chi connectivity index (χ2n) is 5.32. The zero-order valence-electron chi connectivity index (χ0n) is 11.2. The standard InChI is InChI=1S/C14H18N4O/c1-18(2)8-12(15)13-16-14(19-17-13)11-7-9-5-3-4-6-10(9)11/h3-6,11-12H,7-8,15H2,1-2H3. The summed E-state index contributed by atoms with van der Waals surface area (Å²) in [6, 6.07) is 8.15. The van der Waals surface area contributed by atoms with E-state index in [9.17, 15) is 0 Å². The van der Waals surface area contributed by atoms with Gasteiger partial charge in [0.1, 0.15) is 0 Å². The topological polar surface area (TPSA) is 68.2 Å². The quantitative estimate of drug-likeness (QED) is 0.895. The molecule has 1 aliphatic carbocycles. The smallest absolute Gasteiger partial charge is 0.234 e. The van der Waals surface area contributed by atoms with Crippen LogP contribution in [0.4, 0.5) is 0 Å². The van der Waals surface area contributed by atoms with Crippen LogP contribution in [0.5, 0.6) is 0 Å². The van der Waals surface area contributed by atoms with Gasteiger partial charge in [0.05, 0.1) is 12.0 Å². The highest BCUT2D eigenvalue weighted by atomic mass is 16.5. The maximum absolute atomic E-state index is 6.04. The minimum Gasteiger partial charge on any atom is -0.339 e. The van der Waals surface area contributed by atoms with Gasteiger partial charge in [-0.15, -0.1) is 0 Å². The minimum atomic E-state index is -0.206. The van der Waals surface area contributed by atoms with E-state index in [0.29, 0.717) is 18.3 Å². The number of hydrogen-bond donors (Lipinski definition) is 1. The summed E-state index contributed by atoms with van der Waals surface area (Å²) in [7, 11) is 3.95. The number of benzene rings is 1. The van der Waals surface area contributed by atoms with E-state index in [1.165, 1.54) is 11.1 Å². The third-order valence-electron chi connectivity index (χ3n) is 3.50. The average molecular weight is 258 g/mol. The van der Waals surface area contributed by atoms with E-state index in [-0.39, 0.29) is 12.0 Å². The molecule has 0 saturated carbocycles. The van der Waals surface area contributed by atoms with Crippen LogP contribution in [0.15, 0.2) is 28.8 Å². The molecule has 2 aromatic rings. The minimum absolute atomic E-state index is 0.206. The van der Waals surface area contributed by atoms with Crippen LogP contribution in [0.1, 0.15) is 34.8 Å². The largest absolute Gasteiger partial charge is 0.339 e. The molecule has 19 heavy (non-hydrogen) atoms. The Hall–Kier alpha value is -1.72. The molecule has 0 spiro atoms. The van der Waals surface area contributed by atoms with E-state index in [4.69, 9.17) is 10.3 Å². The van der Waals surface area contributed by atoms with Gasteiger partial charge >= 0.3 is 0 Å². The molecule has 0 bridgehead atoms. The highest BCUT2D eigenvalue weighted by molar-refractivity contribution is 5.43. The molecular weight excluding hydrogens is 240 g/mol. The van der Waals surface area contributed by atoms with Crippen molar-refractivity contribution in [2.24, 2.45) is 5.73 Å². The second kappa shape index (κ2) is 4.75. The van der Waals surface area contributed by atoms with E-state index < -0.39 is 0 Å². The van der Waals surface area contributed by atoms with E-state index in [2.05, 4.69) is 28.3 Å². The first-order chi connectivity index (χ1) is 9.15. The van der Waals surface area contributed by atoms with Gasteiger partial charge in [0, 0.05) is 6.54 Å². The van der Waals surface area contributed by atoms with Gasteiger partial charge in [0.15, 0.2) is 5.82 Å². The number of fused-ring (bicyclic) bond motifs is 1. The number of aromatic nitrogens is 2. The lowest BCUT2D eigenvalue weighted by Crippen LogP contribution is -2.27. The summed E-state index contributed by atoms with van der Waals surface area (Å²) in [4.78, 5) is 6.47. The lowest BCUT2D eigenvalue weighted by Gasteiger charge is -2.26. The predicted octanol–water partition coefficient (Wildman–Crippen LogP) is 1.32. The van der Waals surface area contributed by atoms with E-state index in [0.717, 1.165) is 6.42 Å². The first-order valence-electron chi connectivity index (χ1n) is 6.46. The molecule has 5 nitrogen and oxygen atoms in total. The molecule has 2 atom stereocenters. The molecule has 1 aromatic carbocycles. The van der Waals surface area contributed by atoms with Crippen molar-refractivity contribution in [1.29, 1.82) is 0 Å². The Balaban J connectivity index is 1.77. The fraction of sp³-hybridized carbons (Fsp3) is 0.429. The molecule has 2 unspecified atom stereocenters. The Bertz CT molecular complexity index is 578. The predicted molar refractivity (Wildman–Crippen MR) is 71.8 cm³/mol. The molecule has 0 saturated heterocycles. The Morgan fingerprint density at radius 3 is 2.95 bits per heavy atom. The summed E-state index contributed by atoms with van der Waals surface area (Å²) in [5.74, 6) is 1.51. The van der Waals surface area contributed by atoms with Gasteiger partial charge in [0.2, 0.25) is 5.89 Å². The number of hydrogen-bond acceptors (Lipinski definition) is 5. The van der Waals surface area contributed by atoms with Crippen LogP contribution >= 0.6 is 0 Å². The third kappa shape index (κ3) is 2.27. The van der Waals surface area contributed by atoms with E-state index >= 15 is 0 Å². The number of nitrogens with zero attached hydrogens (tertiary/aromatic N) is 3.